The van der Waals surface area contributed by atoms with Crippen molar-refractivity contribution < 1.29 is 4.79 Å². The number of nitrogens with one attached hydrogen (secondary N) is 1. The van der Waals surface area contributed by atoms with Gasteiger partial charge in [0.15, 0.2) is 0 Å². The van der Waals surface area contributed by atoms with Crippen LogP contribution in [0.3, 0.4) is 0 Å². The number of hydrogen-bond donors (Lipinski definition) is 1. The number of piperazine rings is 1. The topological polar surface area (TPSA) is 59.4 Å². The third kappa shape index (κ3) is 4.96. The van der Waals surface area contributed by atoms with E-state index >= 15 is 0 Å². The van der Waals surface area contributed by atoms with Gasteiger partial charge in [-0.25, -0.2) is 0 Å². The second-order valence-electron chi connectivity index (χ2n) is 7.39. The molecule has 1 amide bonds. The summed E-state index contributed by atoms with van der Waals surface area (Å²) in [6.45, 7) is 3.58. The predicted octanol–water partition coefficient (Wildman–Crippen LogP) is 2.50. The number of rotatable bonds is 4. The first-order valence-corrected chi connectivity index (χ1v) is 9.35. The molecule has 1 N–H and O–H groups in total. The first-order valence-electron chi connectivity index (χ1n) is 9.35. The van der Waals surface area contributed by atoms with Crippen LogP contribution in [0.4, 0.5) is 5.69 Å². The molecule has 0 radical (unpaired) electrons. The molecule has 5 heteroatoms. The molecule has 5 nitrogen and oxygen atoms in total. The van der Waals surface area contributed by atoms with Gasteiger partial charge in [0, 0.05) is 43.8 Å². The molecule has 2 aliphatic rings. The fourth-order valence-corrected chi connectivity index (χ4v) is 3.73. The van der Waals surface area contributed by atoms with E-state index in [1.807, 2.05) is 17.0 Å². The van der Waals surface area contributed by atoms with Gasteiger partial charge in [0.2, 0.25) is 5.91 Å². The van der Waals surface area contributed by atoms with E-state index in [2.05, 4.69) is 35.5 Å². The molecule has 1 aromatic rings. The smallest absolute Gasteiger partial charge is 0.227 e. The zero-order valence-corrected chi connectivity index (χ0v) is 15.1. The number of likely N-dealkylation sites (N-methyl/N-ethyl adjacent to an activating group) is 1. The lowest BCUT2D eigenvalue weighted by atomic mass is 9.86. The van der Waals surface area contributed by atoms with Crippen molar-refractivity contribution in [1.29, 1.82) is 5.26 Å². The molecule has 2 unspecified atom stereocenters. The molecule has 3 rings (SSSR count). The number of benzene rings is 1. The molecule has 1 aliphatic heterocycles. The van der Waals surface area contributed by atoms with Crippen molar-refractivity contribution in [1.82, 2.24) is 9.80 Å². The van der Waals surface area contributed by atoms with E-state index in [-0.39, 0.29) is 11.8 Å². The molecule has 0 aromatic heterocycles. The van der Waals surface area contributed by atoms with E-state index in [0.717, 1.165) is 63.1 Å². The highest BCUT2D eigenvalue weighted by molar-refractivity contribution is 5.79. The molecule has 1 saturated heterocycles. The number of anilines is 1. The maximum absolute atomic E-state index is 12.4. The van der Waals surface area contributed by atoms with Gasteiger partial charge in [0.05, 0.1) is 12.5 Å². The molecule has 0 bridgehead atoms. The standard InChI is InChI=1S/C20H28N4O/c1-23-9-11-24(12-10-23)20(25)14-16-5-7-18(8-6-16)22-19-4-2-3-17(13-19)15-21/h5-8,17,19,22H,2-4,9-14H2,1H3. The zero-order chi connectivity index (χ0) is 17.6. The second-order valence-corrected chi connectivity index (χ2v) is 7.39. The first kappa shape index (κ1) is 17.8. The maximum atomic E-state index is 12.4. The molecular weight excluding hydrogens is 312 g/mol. The summed E-state index contributed by atoms with van der Waals surface area (Å²) in [6.07, 6.45) is 4.68. The number of carbonyl (C=O) groups excluding carboxylic acids is 1. The Morgan fingerprint density at radius 1 is 1.20 bits per heavy atom. The normalized spacial score (nSPS) is 24.6. The summed E-state index contributed by atoms with van der Waals surface area (Å²) in [6, 6.07) is 11.0. The van der Waals surface area contributed by atoms with Gasteiger partial charge in [-0.1, -0.05) is 18.6 Å². The van der Waals surface area contributed by atoms with Crippen molar-refractivity contribution in [3.8, 4) is 6.07 Å². The summed E-state index contributed by atoms with van der Waals surface area (Å²) in [5.41, 5.74) is 2.15. The molecular formula is C20H28N4O. The van der Waals surface area contributed by atoms with E-state index in [1.54, 1.807) is 0 Å². The van der Waals surface area contributed by atoms with E-state index in [1.165, 1.54) is 0 Å². The lowest BCUT2D eigenvalue weighted by Gasteiger charge is -2.32. The van der Waals surface area contributed by atoms with E-state index in [0.29, 0.717) is 12.5 Å². The Labute approximate surface area is 150 Å². The molecule has 2 atom stereocenters. The van der Waals surface area contributed by atoms with Gasteiger partial charge in [0.1, 0.15) is 0 Å². The van der Waals surface area contributed by atoms with Crippen LogP contribution >= 0.6 is 0 Å². The third-order valence-electron chi connectivity index (χ3n) is 5.39. The summed E-state index contributed by atoms with van der Waals surface area (Å²) in [7, 11) is 2.10. The van der Waals surface area contributed by atoms with Crippen molar-refractivity contribution in [3.63, 3.8) is 0 Å². The largest absolute Gasteiger partial charge is 0.382 e. The molecule has 0 spiro atoms. The van der Waals surface area contributed by atoms with Crippen molar-refractivity contribution in [2.24, 2.45) is 5.92 Å². The number of nitriles is 1. The molecule has 25 heavy (non-hydrogen) atoms. The molecule has 1 heterocycles. The number of hydrogen-bond acceptors (Lipinski definition) is 4. The monoisotopic (exact) mass is 340 g/mol. The molecule has 134 valence electrons. The lowest BCUT2D eigenvalue weighted by Crippen LogP contribution is -2.47. The number of nitrogens with zero attached hydrogens (tertiary/aromatic N) is 3. The van der Waals surface area contributed by atoms with Crippen LogP contribution in [0.2, 0.25) is 0 Å². The molecule has 1 saturated carbocycles. The van der Waals surface area contributed by atoms with Crippen molar-refractivity contribution in [3.05, 3.63) is 29.8 Å². The average molecular weight is 340 g/mol. The van der Waals surface area contributed by atoms with Crippen LogP contribution < -0.4 is 5.32 Å². The summed E-state index contributed by atoms with van der Waals surface area (Å²) >= 11 is 0. The molecule has 1 aliphatic carbocycles. The minimum absolute atomic E-state index is 0.187. The Hall–Kier alpha value is -2.06. The fraction of sp³-hybridized carbons (Fsp3) is 0.600. The highest BCUT2D eigenvalue weighted by atomic mass is 16.2. The van der Waals surface area contributed by atoms with Crippen LogP contribution in [0.15, 0.2) is 24.3 Å². The summed E-state index contributed by atoms with van der Waals surface area (Å²) < 4.78 is 0. The predicted molar refractivity (Wildman–Crippen MR) is 99.2 cm³/mol. The Balaban J connectivity index is 1.50. The van der Waals surface area contributed by atoms with Gasteiger partial charge in [-0.2, -0.15) is 5.26 Å². The SMILES string of the molecule is CN1CCN(C(=O)Cc2ccc(NC3CCCC(C#N)C3)cc2)CC1. The van der Waals surface area contributed by atoms with Gasteiger partial charge in [-0.05, 0) is 44.0 Å². The number of amides is 1. The third-order valence-corrected chi connectivity index (χ3v) is 5.39. The summed E-state index contributed by atoms with van der Waals surface area (Å²) in [4.78, 5) is 16.6. The highest BCUT2D eigenvalue weighted by Crippen LogP contribution is 2.26. The quantitative estimate of drug-likeness (QED) is 0.915. The zero-order valence-electron chi connectivity index (χ0n) is 15.1. The van der Waals surface area contributed by atoms with E-state index in [4.69, 9.17) is 5.26 Å². The molecule has 1 aromatic carbocycles. The van der Waals surface area contributed by atoms with Crippen LogP contribution in [0.5, 0.6) is 0 Å². The fourth-order valence-electron chi connectivity index (χ4n) is 3.73. The summed E-state index contributed by atoms with van der Waals surface area (Å²) in [5, 5.41) is 12.6. The van der Waals surface area contributed by atoms with Crippen LogP contribution in [-0.4, -0.2) is 55.0 Å². The minimum Gasteiger partial charge on any atom is -0.382 e. The van der Waals surface area contributed by atoms with E-state index in [9.17, 15) is 4.79 Å². The maximum Gasteiger partial charge on any atom is 0.227 e. The Bertz CT molecular complexity index is 614. The Morgan fingerprint density at radius 2 is 1.92 bits per heavy atom. The van der Waals surface area contributed by atoms with Crippen molar-refractivity contribution in [2.75, 3.05) is 38.5 Å². The van der Waals surface area contributed by atoms with Crippen LogP contribution in [0.1, 0.15) is 31.2 Å². The van der Waals surface area contributed by atoms with Crippen LogP contribution in [0.25, 0.3) is 0 Å². The van der Waals surface area contributed by atoms with Crippen LogP contribution in [-0.2, 0) is 11.2 Å². The van der Waals surface area contributed by atoms with Gasteiger partial charge in [0.25, 0.3) is 0 Å². The Kier molecular flexibility index (Phi) is 5.93. The minimum atomic E-state index is 0.187. The van der Waals surface area contributed by atoms with Crippen LogP contribution in [0, 0.1) is 17.2 Å². The molecule has 2 fully saturated rings. The average Bonchev–Trinajstić information content (AvgIpc) is 2.64. The van der Waals surface area contributed by atoms with Crippen molar-refractivity contribution in [2.45, 2.75) is 38.1 Å². The van der Waals surface area contributed by atoms with Crippen molar-refractivity contribution >= 4 is 11.6 Å². The number of carbonyl (C=O) groups is 1. The first-order chi connectivity index (χ1) is 12.1. The second kappa shape index (κ2) is 8.35. The lowest BCUT2D eigenvalue weighted by molar-refractivity contribution is -0.132. The van der Waals surface area contributed by atoms with Gasteiger partial charge >= 0.3 is 0 Å². The van der Waals surface area contributed by atoms with E-state index < -0.39 is 0 Å². The van der Waals surface area contributed by atoms with Gasteiger partial charge < -0.3 is 15.1 Å². The van der Waals surface area contributed by atoms with Gasteiger partial charge in [-0.3, -0.25) is 4.79 Å². The van der Waals surface area contributed by atoms with Gasteiger partial charge in [-0.15, -0.1) is 0 Å². The highest BCUT2D eigenvalue weighted by Gasteiger charge is 2.22. The summed E-state index contributed by atoms with van der Waals surface area (Å²) in [5.74, 6) is 0.407. The Morgan fingerprint density at radius 3 is 2.60 bits per heavy atom.